The van der Waals surface area contributed by atoms with Crippen molar-refractivity contribution in [3.8, 4) is 11.4 Å². The lowest BCUT2D eigenvalue weighted by atomic mass is 10.0. The van der Waals surface area contributed by atoms with Crippen LogP contribution in [0, 0.1) is 6.92 Å². The molecule has 4 heteroatoms. The first-order chi connectivity index (χ1) is 10.0. The van der Waals surface area contributed by atoms with Crippen LogP contribution in [0.3, 0.4) is 0 Å². The number of aromatic nitrogens is 2. The van der Waals surface area contributed by atoms with E-state index in [1.54, 1.807) is 13.1 Å². The van der Waals surface area contributed by atoms with Gasteiger partial charge < -0.3 is 4.74 Å². The quantitative estimate of drug-likeness (QED) is 0.802. The maximum Gasteiger partial charge on any atom is 0.341 e. The van der Waals surface area contributed by atoms with Crippen LogP contribution in [0.2, 0.25) is 0 Å². The van der Waals surface area contributed by atoms with E-state index in [-0.39, 0.29) is 11.9 Å². The van der Waals surface area contributed by atoms with Crippen LogP contribution in [0.5, 0.6) is 0 Å². The zero-order chi connectivity index (χ0) is 15.4. The third kappa shape index (κ3) is 3.45. The lowest BCUT2D eigenvalue weighted by molar-refractivity contribution is 0.0523. The smallest absolute Gasteiger partial charge is 0.341 e. The average molecular weight is 284 g/mol. The molecular formula is C17H20N2O2. The Morgan fingerprint density at radius 2 is 2.10 bits per heavy atom. The van der Waals surface area contributed by atoms with Crippen LogP contribution < -0.4 is 0 Å². The van der Waals surface area contributed by atoms with Gasteiger partial charge in [0.15, 0.2) is 5.82 Å². The summed E-state index contributed by atoms with van der Waals surface area (Å²) in [5.41, 5.74) is 3.27. The average Bonchev–Trinajstić information content (AvgIpc) is 2.46. The van der Waals surface area contributed by atoms with Crippen LogP contribution in [0.4, 0.5) is 0 Å². The number of nitrogens with zero attached hydrogens (tertiary/aromatic N) is 2. The highest BCUT2D eigenvalue weighted by atomic mass is 16.5. The molecule has 0 aliphatic carbocycles. The normalized spacial score (nSPS) is 10.7. The van der Waals surface area contributed by atoms with Crippen molar-refractivity contribution in [1.29, 1.82) is 0 Å². The van der Waals surface area contributed by atoms with Gasteiger partial charge in [-0.1, -0.05) is 37.6 Å². The van der Waals surface area contributed by atoms with Crippen molar-refractivity contribution in [3.63, 3.8) is 0 Å². The maximum absolute atomic E-state index is 12.0. The summed E-state index contributed by atoms with van der Waals surface area (Å²) in [6.07, 6.45) is 1.57. The molecule has 0 fully saturated rings. The van der Waals surface area contributed by atoms with E-state index in [1.165, 1.54) is 0 Å². The largest absolute Gasteiger partial charge is 0.462 e. The molecule has 0 saturated carbocycles. The van der Waals surface area contributed by atoms with Crippen LogP contribution in [0.15, 0.2) is 30.5 Å². The number of rotatable bonds is 4. The molecule has 2 rings (SSSR count). The van der Waals surface area contributed by atoms with E-state index >= 15 is 0 Å². The van der Waals surface area contributed by atoms with Gasteiger partial charge in [0, 0.05) is 11.8 Å². The standard InChI is InChI=1S/C17H20N2O2/c1-5-21-17(20)14-10-18-16(19-15(14)11(2)3)13-8-6-7-12(4)9-13/h6-11H,5H2,1-4H3. The van der Waals surface area contributed by atoms with Gasteiger partial charge in [-0.15, -0.1) is 0 Å². The van der Waals surface area contributed by atoms with Gasteiger partial charge in [-0.05, 0) is 25.8 Å². The zero-order valence-electron chi connectivity index (χ0n) is 12.9. The molecule has 0 bridgehead atoms. The van der Waals surface area contributed by atoms with Gasteiger partial charge >= 0.3 is 5.97 Å². The second kappa shape index (κ2) is 6.48. The van der Waals surface area contributed by atoms with Crippen molar-refractivity contribution >= 4 is 5.97 Å². The lowest BCUT2D eigenvalue weighted by Crippen LogP contribution is -2.12. The van der Waals surface area contributed by atoms with E-state index in [9.17, 15) is 4.79 Å². The Morgan fingerprint density at radius 1 is 1.33 bits per heavy atom. The van der Waals surface area contributed by atoms with E-state index in [0.717, 1.165) is 16.8 Å². The second-order valence-electron chi connectivity index (χ2n) is 5.24. The first-order valence-electron chi connectivity index (χ1n) is 7.14. The number of hydrogen-bond donors (Lipinski definition) is 0. The minimum absolute atomic E-state index is 0.121. The predicted octanol–water partition coefficient (Wildman–Crippen LogP) is 3.75. The molecule has 110 valence electrons. The van der Waals surface area contributed by atoms with E-state index in [0.29, 0.717) is 18.0 Å². The molecule has 0 unspecified atom stereocenters. The Kier molecular flexibility index (Phi) is 4.68. The molecule has 1 aromatic carbocycles. The third-order valence-electron chi connectivity index (χ3n) is 3.14. The monoisotopic (exact) mass is 284 g/mol. The summed E-state index contributed by atoms with van der Waals surface area (Å²) in [4.78, 5) is 20.9. The zero-order valence-corrected chi connectivity index (χ0v) is 12.9. The van der Waals surface area contributed by atoms with Crippen LogP contribution in [-0.2, 0) is 4.74 Å². The van der Waals surface area contributed by atoms with Gasteiger partial charge in [-0.25, -0.2) is 14.8 Å². The maximum atomic E-state index is 12.0. The summed E-state index contributed by atoms with van der Waals surface area (Å²) in [5, 5.41) is 0. The number of aryl methyl sites for hydroxylation is 1. The fourth-order valence-electron chi connectivity index (χ4n) is 2.12. The molecule has 1 heterocycles. The Bertz CT molecular complexity index is 651. The van der Waals surface area contributed by atoms with Crippen LogP contribution in [0.1, 0.15) is 48.3 Å². The van der Waals surface area contributed by atoms with Crippen LogP contribution in [0.25, 0.3) is 11.4 Å². The van der Waals surface area contributed by atoms with E-state index in [4.69, 9.17) is 4.74 Å². The van der Waals surface area contributed by atoms with Crippen molar-refractivity contribution in [1.82, 2.24) is 9.97 Å². The van der Waals surface area contributed by atoms with E-state index in [2.05, 4.69) is 9.97 Å². The van der Waals surface area contributed by atoms with Gasteiger partial charge in [0.2, 0.25) is 0 Å². The molecule has 0 saturated heterocycles. The summed E-state index contributed by atoms with van der Waals surface area (Å²) >= 11 is 0. The molecule has 0 radical (unpaired) electrons. The number of carbonyl (C=O) groups excluding carboxylic acids is 1. The molecule has 0 N–H and O–H groups in total. The Morgan fingerprint density at radius 3 is 2.71 bits per heavy atom. The van der Waals surface area contributed by atoms with Crippen molar-refractivity contribution in [3.05, 3.63) is 47.3 Å². The summed E-state index contributed by atoms with van der Waals surface area (Å²) in [6, 6.07) is 8.00. The SMILES string of the molecule is CCOC(=O)c1cnc(-c2cccc(C)c2)nc1C(C)C. The van der Waals surface area contributed by atoms with Gasteiger partial charge in [0.25, 0.3) is 0 Å². The number of hydrogen-bond acceptors (Lipinski definition) is 4. The number of esters is 1. The van der Waals surface area contributed by atoms with Gasteiger partial charge in [-0.3, -0.25) is 0 Å². The van der Waals surface area contributed by atoms with Crippen LogP contribution >= 0.6 is 0 Å². The lowest BCUT2D eigenvalue weighted by Gasteiger charge is -2.12. The van der Waals surface area contributed by atoms with E-state index in [1.807, 2.05) is 45.0 Å². The fraction of sp³-hybridized carbons (Fsp3) is 0.353. The van der Waals surface area contributed by atoms with Gasteiger partial charge in [-0.2, -0.15) is 0 Å². The highest BCUT2D eigenvalue weighted by Crippen LogP contribution is 2.22. The van der Waals surface area contributed by atoms with Crippen LogP contribution in [-0.4, -0.2) is 22.5 Å². The predicted molar refractivity (Wildman–Crippen MR) is 82.3 cm³/mol. The topological polar surface area (TPSA) is 52.1 Å². The molecule has 4 nitrogen and oxygen atoms in total. The fourth-order valence-corrected chi connectivity index (χ4v) is 2.12. The number of benzene rings is 1. The highest BCUT2D eigenvalue weighted by Gasteiger charge is 2.18. The molecule has 21 heavy (non-hydrogen) atoms. The summed E-state index contributed by atoms with van der Waals surface area (Å²) in [5.74, 6) is 0.392. The van der Waals surface area contributed by atoms with Crippen molar-refractivity contribution in [2.75, 3.05) is 6.61 Å². The van der Waals surface area contributed by atoms with E-state index < -0.39 is 0 Å². The van der Waals surface area contributed by atoms with Crippen molar-refractivity contribution in [2.45, 2.75) is 33.6 Å². The minimum atomic E-state index is -0.364. The molecular weight excluding hydrogens is 264 g/mol. The highest BCUT2D eigenvalue weighted by molar-refractivity contribution is 5.90. The third-order valence-corrected chi connectivity index (χ3v) is 3.14. The minimum Gasteiger partial charge on any atom is -0.462 e. The number of carbonyl (C=O) groups is 1. The second-order valence-corrected chi connectivity index (χ2v) is 5.24. The van der Waals surface area contributed by atoms with Gasteiger partial charge in [0.1, 0.15) is 0 Å². The van der Waals surface area contributed by atoms with Gasteiger partial charge in [0.05, 0.1) is 17.9 Å². The molecule has 1 aromatic heterocycles. The van der Waals surface area contributed by atoms with Crippen molar-refractivity contribution in [2.24, 2.45) is 0 Å². The molecule has 0 atom stereocenters. The number of ether oxygens (including phenoxy) is 1. The molecule has 2 aromatic rings. The first-order valence-corrected chi connectivity index (χ1v) is 7.14. The Labute approximate surface area is 125 Å². The Balaban J connectivity index is 2.48. The summed E-state index contributed by atoms with van der Waals surface area (Å²) in [7, 11) is 0. The molecule has 0 amide bonds. The molecule has 0 aliphatic heterocycles. The summed E-state index contributed by atoms with van der Waals surface area (Å²) in [6.45, 7) is 8.17. The summed E-state index contributed by atoms with van der Waals surface area (Å²) < 4.78 is 5.06. The Hall–Kier alpha value is -2.23. The first kappa shape index (κ1) is 15.2. The van der Waals surface area contributed by atoms with Crippen molar-refractivity contribution < 1.29 is 9.53 Å². The molecule has 0 spiro atoms. The molecule has 0 aliphatic rings.